The summed E-state index contributed by atoms with van der Waals surface area (Å²) in [6.45, 7) is 0. The first-order chi connectivity index (χ1) is 8.61. The molecular formula is C11H18N2O4S. The fraction of sp³-hybridized carbons (Fsp3) is 0.818. The number of thioether (sulfide) groups is 1. The van der Waals surface area contributed by atoms with Gasteiger partial charge in [-0.1, -0.05) is 0 Å². The molecule has 0 aromatic carbocycles. The van der Waals surface area contributed by atoms with Gasteiger partial charge in [-0.2, -0.15) is 11.8 Å². The average Bonchev–Trinajstić information content (AvgIpc) is 2.88. The molecule has 0 bridgehead atoms. The molecule has 1 unspecified atom stereocenters. The molecule has 2 rings (SSSR count). The van der Waals surface area contributed by atoms with Crippen LogP contribution in [0, 0.1) is 0 Å². The van der Waals surface area contributed by atoms with Gasteiger partial charge in [-0.3, -0.25) is 0 Å². The molecule has 6 nitrogen and oxygen atoms in total. The van der Waals surface area contributed by atoms with Gasteiger partial charge in [-0.25, -0.2) is 9.59 Å². The number of fused-ring (bicyclic) bond motifs is 1. The molecular weight excluding hydrogens is 256 g/mol. The predicted molar refractivity (Wildman–Crippen MR) is 67.4 cm³/mol. The molecule has 0 radical (unpaired) electrons. The zero-order chi connectivity index (χ0) is 13.1. The summed E-state index contributed by atoms with van der Waals surface area (Å²) in [6.07, 6.45) is 0.991. The van der Waals surface area contributed by atoms with Crippen LogP contribution in [-0.4, -0.2) is 53.4 Å². The Labute approximate surface area is 110 Å². The maximum Gasteiger partial charge on any atom is 0.334 e. The van der Waals surface area contributed by atoms with Gasteiger partial charge in [0.1, 0.15) is 0 Å². The molecule has 2 saturated heterocycles. The van der Waals surface area contributed by atoms with Gasteiger partial charge in [0.15, 0.2) is 6.10 Å². The Balaban J connectivity index is 1.71. The second kappa shape index (κ2) is 5.79. The Bertz CT molecular complexity index is 339. The number of esters is 1. The number of carbonyl (C=O) groups excluding carboxylic acids is 2. The highest BCUT2D eigenvalue weighted by molar-refractivity contribution is 8.00. The first-order valence-corrected chi connectivity index (χ1v) is 7.11. The molecule has 2 heterocycles. The van der Waals surface area contributed by atoms with E-state index in [0.717, 1.165) is 18.6 Å². The zero-order valence-electron chi connectivity index (χ0n) is 10.2. The van der Waals surface area contributed by atoms with Gasteiger partial charge < -0.3 is 20.5 Å². The van der Waals surface area contributed by atoms with Crippen molar-refractivity contribution in [2.45, 2.75) is 42.7 Å². The minimum atomic E-state index is -1.03. The molecule has 102 valence electrons. The van der Waals surface area contributed by atoms with Crippen LogP contribution in [0.4, 0.5) is 4.79 Å². The predicted octanol–water partition coefficient (Wildman–Crippen LogP) is -0.144. The van der Waals surface area contributed by atoms with E-state index in [0.29, 0.717) is 11.7 Å². The van der Waals surface area contributed by atoms with E-state index >= 15 is 0 Å². The van der Waals surface area contributed by atoms with E-state index in [2.05, 4.69) is 15.4 Å². The van der Waals surface area contributed by atoms with Crippen LogP contribution in [0.15, 0.2) is 0 Å². The lowest BCUT2D eigenvalue weighted by Gasteiger charge is -2.17. The van der Waals surface area contributed by atoms with E-state index in [1.165, 1.54) is 7.11 Å². The van der Waals surface area contributed by atoms with Gasteiger partial charge in [0.2, 0.25) is 0 Å². The van der Waals surface area contributed by atoms with Crippen LogP contribution >= 0.6 is 11.8 Å². The molecule has 0 aromatic rings. The monoisotopic (exact) mass is 274 g/mol. The number of amides is 2. The van der Waals surface area contributed by atoms with Crippen molar-refractivity contribution in [1.29, 1.82) is 0 Å². The molecule has 0 aliphatic carbocycles. The van der Waals surface area contributed by atoms with Gasteiger partial charge in [-0.05, 0) is 19.3 Å². The normalized spacial score (nSPS) is 31.4. The molecule has 0 spiro atoms. The van der Waals surface area contributed by atoms with Gasteiger partial charge in [0.25, 0.3) is 0 Å². The van der Waals surface area contributed by atoms with Crippen molar-refractivity contribution in [3.63, 3.8) is 0 Å². The minimum absolute atomic E-state index is 0.0927. The van der Waals surface area contributed by atoms with Crippen molar-refractivity contribution < 1.29 is 19.4 Å². The van der Waals surface area contributed by atoms with Crippen LogP contribution in [0.5, 0.6) is 0 Å². The van der Waals surface area contributed by atoms with Crippen LogP contribution in [-0.2, 0) is 9.53 Å². The Morgan fingerprint density at radius 1 is 1.61 bits per heavy atom. The molecule has 4 atom stereocenters. The zero-order valence-corrected chi connectivity index (χ0v) is 11.0. The number of rotatable bonds is 5. The van der Waals surface area contributed by atoms with E-state index in [4.69, 9.17) is 0 Å². The fourth-order valence-corrected chi connectivity index (χ4v) is 3.95. The number of carbonyl (C=O) groups is 2. The quantitative estimate of drug-likeness (QED) is 0.479. The number of aliphatic hydroxyl groups is 1. The number of urea groups is 1. The second-order valence-corrected chi connectivity index (χ2v) is 5.86. The first kappa shape index (κ1) is 13.5. The smallest absolute Gasteiger partial charge is 0.334 e. The van der Waals surface area contributed by atoms with E-state index in [1.54, 1.807) is 0 Å². The average molecular weight is 274 g/mol. The van der Waals surface area contributed by atoms with Crippen molar-refractivity contribution in [3.8, 4) is 0 Å². The molecule has 2 aliphatic heterocycles. The van der Waals surface area contributed by atoms with Crippen molar-refractivity contribution in [2.75, 3.05) is 12.9 Å². The number of methoxy groups -OCH3 is 1. The summed E-state index contributed by atoms with van der Waals surface area (Å²) < 4.78 is 4.46. The summed E-state index contributed by atoms with van der Waals surface area (Å²) in [7, 11) is 1.27. The Morgan fingerprint density at radius 3 is 3.11 bits per heavy atom. The third-order valence-electron chi connectivity index (χ3n) is 3.38. The van der Waals surface area contributed by atoms with Crippen molar-refractivity contribution >= 4 is 23.8 Å². The van der Waals surface area contributed by atoms with E-state index in [9.17, 15) is 14.7 Å². The van der Waals surface area contributed by atoms with Crippen LogP contribution in [0.3, 0.4) is 0 Å². The SMILES string of the molecule is COC(=O)C(O)CCC[C@@H]1SC[C@@H]2NC(=O)N[C@@H]21. The fourth-order valence-electron chi connectivity index (χ4n) is 2.41. The summed E-state index contributed by atoms with van der Waals surface area (Å²) in [5, 5.41) is 15.6. The summed E-state index contributed by atoms with van der Waals surface area (Å²) in [5.41, 5.74) is 0. The lowest BCUT2D eigenvalue weighted by atomic mass is 10.0. The summed E-state index contributed by atoms with van der Waals surface area (Å²) in [4.78, 5) is 22.2. The summed E-state index contributed by atoms with van der Waals surface area (Å²) >= 11 is 1.83. The molecule has 2 fully saturated rings. The second-order valence-electron chi connectivity index (χ2n) is 4.59. The maximum atomic E-state index is 11.2. The number of hydrogen-bond acceptors (Lipinski definition) is 5. The molecule has 3 N–H and O–H groups in total. The highest BCUT2D eigenvalue weighted by Crippen LogP contribution is 2.33. The molecule has 0 aromatic heterocycles. The summed E-state index contributed by atoms with van der Waals surface area (Å²) in [5.74, 6) is 0.343. The van der Waals surface area contributed by atoms with E-state index in [-0.39, 0.29) is 18.1 Å². The number of aliphatic hydroxyl groups excluding tert-OH is 1. The van der Waals surface area contributed by atoms with Gasteiger partial charge in [-0.15, -0.1) is 0 Å². The molecule has 2 aliphatic rings. The Morgan fingerprint density at radius 2 is 2.39 bits per heavy atom. The molecule has 18 heavy (non-hydrogen) atoms. The van der Waals surface area contributed by atoms with E-state index in [1.807, 2.05) is 11.8 Å². The third-order valence-corrected chi connectivity index (χ3v) is 4.89. The first-order valence-electron chi connectivity index (χ1n) is 6.06. The van der Waals surface area contributed by atoms with Crippen LogP contribution in [0.2, 0.25) is 0 Å². The Hall–Kier alpha value is -0.950. The van der Waals surface area contributed by atoms with Crippen LogP contribution < -0.4 is 10.6 Å². The highest BCUT2D eigenvalue weighted by atomic mass is 32.2. The van der Waals surface area contributed by atoms with Gasteiger partial charge >= 0.3 is 12.0 Å². The Kier molecular flexibility index (Phi) is 4.34. The lowest BCUT2D eigenvalue weighted by molar-refractivity contribution is -0.150. The summed E-state index contributed by atoms with van der Waals surface area (Å²) in [6, 6.07) is 0.306. The molecule has 0 saturated carbocycles. The van der Waals surface area contributed by atoms with Gasteiger partial charge in [0.05, 0.1) is 19.2 Å². The van der Waals surface area contributed by atoms with Gasteiger partial charge in [0, 0.05) is 11.0 Å². The van der Waals surface area contributed by atoms with E-state index < -0.39 is 12.1 Å². The van der Waals surface area contributed by atoms with Crippen molar-refractivity contribution in [2.24, 2.45) is 0 Å². The third kappa shape index (κ3) is 2.89. The number of nitrogens with one attached hydrogen (secondary N) is 2. The largest absolute Gasteiger partial charge is 0.467 e. The maximum absolute atomic E-state index is 11.2. The minimum Gasteiger partial charge on any atom is -0.467 e. The molecule has 2 amide bonds. The number of hydrogen-bond donors (Lipinski definition) is 3. The topological polar surface area (TPSA) is 87.7 Å². The lowest BCUT2D eigenvalue weighted by Crippen LogP contribution is -2.37. The standard InChI is InChI=1S/C11H18N2O4S/c1-17-10(15)7(14)3-2-4-8-9-6(5-18-8)12-11(16)13-9/h6-9,14H,2-5H2,1H3,(H2,12,13,16)/t6-,7?,8-,9-/m0/s1. The van der Waals surface area contributed by atoms with Crippen LogP contribution in [0.25, 0.3) is 0 Å². The molecule has 7 heteroatoms. The van der Waals surface area contributed by atoms with Crippen molar-refractivity contribution in [3.05, 3.63) is 0 Å². The number of ether oxygens (including phenoxy) is 1. The highest BCUT2D eigenvalue weighted by Gasteiger charge is 2.42. The van der Waals surface area contributed by atoms with Crippen LogP contribution in [0.1, 0.15) is 19.3 Å². The van der Waals surface area contributed by atoms with Crippen molar-refractivity contribution in [1.82, 2.24) is 10.6 Å².